The third kappa shape index (κ3) is 5.07. The fourth-order valence-electron chi connectivity index (χ4n) is 6.21. The van der Waals surface area contributed by atoms with E-state index in [1.807, 2.05) is 37.4 Å². The number of benzene rings is 1. The maximum absolute atomic E-state index is 12.1. The third-order valence-corrected chi connectivity index (χ3v) is 8.23. The van der Waals surface area contributed by atoms with Crippen LogP contribution in [0.1, 0.15) is 78.4 Å². The lowest BCUT2D eigenvalue weighted by Crippen LogP contribution is -2.30. The summed E-state index contributed by atoms with van der Waals surface area (Å²) in [6.45, 7) is 6.50. The van der Waals surface area contributed by atoms with Gasteiger partial charge in [0.25, 0.3) is 0 Å². The van der Waals surface area contributed by atoms with Crippen molar-refractivity contribution in [2.75, 3.05) is 23.9 Å². The van der Waals surface area contributed by atoms with Crippen LogP contribution in [0.5, 0.6) is 0 Å². The van der Waals surface area contributed by atoms with Crippen molar-refractivity contribution in [1.29, 1.82) is 0 Å². The van der Waals surface area contributed by atoms with Crippen LogP contribution >= 0.6 is 12.2 Å². The lowest BCUT2D eigenvalue weighted by molar-refractivity contribution is -0.119. The molecular weight excluding hydrogens is 494 g/mol. The summed E-state index contributed by atoms with van der Waals surface area (Å²) in [5, 5.41) is 7.18. The van der Waals surface area contributed by atoms with Crippen molar-refractivity contribution in [2.45, 2.75) is 71.0 Å². The summed E-state index contributed by atoms with van der Waals surface area (Å²) in [4.78, 5) is 19.0. The Balaban J connectivity index is 1.56. The number of hydrogen-bond acceptors (Lipinski definition) is 4. The quantitative estimate of drug-likeness (QED) is 0.360. The third-order valence-electron chi connectivity index (χ3n) is 7.92. The zero-order chi connectivity index (χ0) is 26.8. The van der Waals surface area contributed by atoms with Crippen LogP contribution in [0.3, 0.4) is 0 Å². The molecule has 200 valence electrons. The van der Waals surface area contributed by atoms with Crippen LogP contribution in [-0.4, -0.2) is 34.3 Å². The van der Waals surface area contributed by atoms with Crippen molar-refractivity contribution < 1.29 is 9.53 Å². The highest BCUT2D eigenvalue weighted by Gasteiger charge is 2.42. The Morgan fingerprint density at radius 2 is 1.92 bits per heavy atom. The number of carbonyl (C=O) groups is 1. The van der Waals surface area contributed by atoms with Gasteiger partial charge in [-0.1, -0.05) is 25.3 Å². The molecule has 1 saturated carbocycles. The molecule has 2 aromatic heterocycles. The van der Waals surface area contributed by atoms with E-state index in [1.54, 1.807) is 0 Å². The number of thiocarbonyl (C=S) groups is 1. The highest BCUT2D eigenvalue weighted by molar-refractivity contribution is 7.80. The van der Waals surface area contributed by atoms with Gasteiger partial charge in [-0.25, -0.2) is 0 Å². The Kier molecular flexibility index (Phi) is 7.81. The first-order valence-electron chi connectivity index (χ1n) is 13.5. The first-order chi connectivity index (χ1) is 18.4. The summed E-state index contributed by atoms with van der Waals surface area (Å²) < 4.78 is 7.52. The van der Waals surface area contributed by atoms with Gasteiger partial charge < -0.3 is 24.8 Å². The molecule has 3 aromatic rings. The average molecular weight is 532 g/mol. The smallest absolute Gasteiger partial charge is 0.250 e. The van der Waals surface area contributed by atoms with Gasteiger partial charge in [-0.05, 0) is 93.4 Å². The van der Waals surface area contributed by atoms with Gasteiger partial charge in [-0.3, -0.25) is 9.78 Å². The number of pyridine rings is 1. The molecule has 0 spiro atoms. The SMILES string of the molecule is COCC(=O)Nc1ccc(N2C(=S)N[C@@H](c3ccccn3)[C@H]2c2cc(C)n(C3CCCCC3)c2C)cc1C. The van der Waals surface area contributed by atoms with Gasteiger partial charge in [0.1, 0.15) is 6.61 Å². The number of aryl methyl sites for hydroxylation is 2. The van der Waals surface area contributed by atoms with Crippen LogP contribution in [0, 0.1) is 20.8 Å². The average Bonchev–Trinajstić information content (AvgIpc) is 3.41. The number of methoxy groups -OCH3 is 1. The fourth-order valence-corrected chi connectivity index (χ4v) is 6.55. The number of nitrogens with one attached hydrogen (secondary N) is 2. The molecule has 38 heavy (non-hydrogen) atoms. The summed E-state index contributed by atoms with van der Waals surface area (Å²) in [5.74, 6) is -0.176. The molecule has 0 bridgehead atoms. The Hall–Kier alpha value is -3.23. The molecule has 2 fully saturated rings. The van der Waals surface area contributed by atoms with Gasteiger partial charge in [-0.2, -0.15) is 0 Å². The minimum Gasteiger partial charge on any atom is -0.375 e. The maximum Gasteiger partial charge on any atom is 0.250 e. The van der Waals surface area contributed by atoms with Gasteiger partial charge in [0.2, 0.25) is 5.91 Å². The van der Waals surface area contributed by atoms with Crippen molar-refractivity contribution >= 4 is 34.6 Å². The van der Waals surface area contributed by atoms with Crippen LogP contribution < -0.4 is 15.5 Å². The Morgan fingerprint density at radius 3 is 2.61 bits per heavy atom. The van der Waals surface area contributed by atoms with Crippen LogP contribution in [0.4, 0.5) is 11.4 Å². The first kappa shape index (κ1) is 26.4. The molecule has 1 aromatic carbocycles. The van der Waals surface area contributed by atoms with Crippen LogP contribution in [0.25, 0.3) is 0 Å². The van der Waals surface area contributed by atoms with Gasteiger partial charge in [0, 0.05) is 42.1 Å². The van der Waals surface area contributed by atoms with Crippen molar-refractivity contribution in [3.8, 4) is 0 Å². The molecule has 1 saturated heterocycles. The summed E-state index contributed by atoms with van der Waals surface area (Å²) in [5.41, 5.74) is 7.54. The molecule has 7 nitrogen and oxygen atoms in total. The van der Waals surface area contributed by atoms with E-state index in [0.29, 0.717) is 11.2 Å². The second kappa shape index (κ2) is 11.3. The number of rotatable bonds is 7. The van der Waals surface area contributed by atoms with E-state index >= 15 is 0 Å². The van der Waals surface area contributed by atoms with E-state index in [0.717, 1.165) is 22.6 Å². The lowest BCUT2D eigenvalue weighted by Gasteiger charge is -2.30. The second-order valence-electron chi connectivity index (χ2n) is 10.5. The second-order valence-corrected chi connectivity index (χ2v) is 10.9. The molecule has 8 heteroatoms. The summed E-state index contributed by atoms with van der Waals surface area (Å²) >= 11 is 5.96. The molecule has 5 rings (SSSR count). The van der Waals surface area contributed by atoms with Gasteiger partial charge >= 0.3 is 0 Å². The number of ether oxygens (including phenoxy) is 1. The predicted molar refractivity (Wildman–Crippen MR) is 156 cm³/mol. The number of hydrogen-bond donors (Lipinski definition) is 2. The van der Waals surface area contributed by atoms with E-state index in [9.17, 15) is 4.79 Å². The molecule has 2 aliphatic rings. The van der Waals surface area contributed by atoms with Crippen LogP contribution in [0.2, 0.25) is 0 Å². The fraction of sp³-hybridized carbons (Fsp3) is 0.433. The van der Waals surface area contributed by atoms with Crippen molar-refractivity contribution in [2.24, 2.45) is 0 Å². The summed E-state index contributed by atoms with van der Waals surface area (Å²) in [7, 11) is 1.51. The molecule has 0 unspecified atom stereocenters. The van der Waals surface area contributed by atoms with Crippen molar-refractivity contribution in [1.82, 2.24) is 14.9 Å². The van der Waals surface area contributed by atoms with Gasteiger partial charge in [0.15, 0.2) is 5.11 Å². The summed E-state index contributed by atoms with van der Waals surface area (Å²) in [6.07, 6.45) is 8.23. The lowest BCUT2D eigenvalue weighted by atomic mass is 9.94. The largest absolute Gasteiger partial charge is 0.375 e. The van der Waals surface area contributed by atoms with E-state index in [1.165, 1.54) is 56.2 Å². The minimum absolute atomic E-state index is 0.0196. The van der Waals surface area contributed by atoms with E-state index in [4.69, 9.17) is 21.9 Å². The molecule has 1 amide bonds. The zero-order valence-electron chi connectivity index (χ0n) is 22.7. The maximum atomic E-state index is 12.1. The first-order valence-corrected chi connectivity index (χ1v) is 13.9. The van der Waals surface area contributed by atoms with E-state index in [2.05, 4.69) is 52.1 Å². The van der Waals surface area contributed by atoms with Crippen molar-refractivity contribution in [3.63, 3.8) is 0 Å². The van der Waals surface area contributed by atoms with E-state index in [-0.39, 0.29) is 24.6 Å². The normalized spacial score (nSPS) is 20.0. The van der Waals surface area contributed by atoms with Crippen LogP contribution in [0.15, 0.2) is 48.7 Å². The topological polar surface area (TPSA) is 71.4 Å². The number of anilines is 2. The monoisotopic (exact) mass is 531 g/mol. The zero-order valence-corrected chi connectivity index (χ0v) is 23.5. The standard InChI is InChI=1S/C30H37N5O2S/c1-19-16-23(13-14-25(19)32-27(36)18-37-4)35-29(28(33-30(35)38)26-12-8-9-15-31-26)24-17-20(2)34(21(24)3)22-10-6-5-7-11-22/h8-9,12-17,22,28-29H,5-7,10-11,18H2,1-4H3,(H,32,36)(H,33,38)/t28-,29+/m0/s1. The Bertz CT molecular complexity index is 1320. The molecule has 0 radical (unpaired) electrons. The van der Waals surface area contributed by atoms with Gasteiger partial charge in [0.05, 0.1) is 17.8 Å². The molecular formula is C30H37N5O2S. The van der Waals surface area contributed by atoms with Crippen molar-refractivity contribution in [3.05, 3.63) is 76.9 Å². The molecule has 2 atom stereocenters. The van der Waals surface area contributed by atoms with Crippen LogP contribution in [-0.2, 0) is 9.53 Å². The Labute approximate surface area is 230 Å². The number of aromatic nitrogens is 2. The highest BCUT2D eigenvalue weighted by Crippen LogP contribution is 2.45. The van der Waals surface area contributed by atoms with E-state index < -0.39 is 0 Å². The Morgan fingerprint density at radius 1 is 1.13 bits per heavy atom. The predicted octanol–water partition coefficient (Wildman–Crippen LogP) is 6.08. The molecule has 2 N–H and O–H groups in total. The number of carbonyl (C=O) groups excluding carboxylic acids is 1. The summed E-state index contributed by atoms with van der Waals surface area (Å²) in [6, 6.07) is 14.8. The minimum atomic E-state index is -0.176. The highest BCUT2D eigenvalue weighted by atomic mass is 32.1. The molecule has 3 heterocycles. The molecule has 1 aliphatic carbocycles. The van der Waals surface area contributed by atoms with Gasteiger partial charge in [-0.15, -0.1) is 0 Å². The molecule has 1 aliphatic heterocycles. The number of amides is 1. The number of nitrogens with zero attached hydrogens (tertiary/aromatic N) is 3.